The van der Waals surface area contributed by atoms with E-state index in [4.69, 9.17) is 0 Å². The Morgan fingerprint density at radius 2 is 2.25 bits per heavy atom. The van der Waals surface area contributed by atoms with Gasteiger partial charge in [0.05, 0.1) is 5.92 Å². The summed E-state index contributed by atoms with van der Waals surface area (Å²) in [4.78, 5) is 21.5. The standard InChI is InChI=1S/C9H10O3/c1-7(11)9(12)5-3-2-4-8(9)6-10/h2-6,8,12H,1H3. The summed E-state index contributed by atoms with van der Waals surface area (Å²) >= 11 is 0. The molecule has 64 valence electrons. The molecule has 2 unspecified atom stereocenters. The summed E-state index contributed by atoms with van der Waals surface area (Å²) in [6, 6.07) is 0. The van der Waals surface area contributed by atoms with E-state index in [-0.39, 0.29) is 0 Å². The van der Waals surface area contributed by atoms with Crippen molar-refractivity contribution in [2.24, 2.45) is 5.92 Å². The van der Waals surface area contributed by atoms with E-state index < -0.39 is 17.3 Å². The van der Waals surface area contributed by atoms with Crippen molar-refractivity contribution in [3.05, 3.63) is 24.3 Å². The Bertz CT molecular complexity index is 265. The monoisotopic (exact) mass is 166 g/mol. The summed E-state index contributed by atoms with van der Waals surface area (Å²) in [5.41, 5.74) is -1.63. The number of carbonyl (C=O) groups excluding carboxylic acids is 2. The fourth-order valence-corrected chi connectivity index (χ4v) is 1.15. The second-order valence-corrected chi connectivity index (χ2v) is 2.79. The van der Waals surface area contributed by atoms with Crippen molar-refractivity contribution in [1.82, 2.24) is 0 Å². The van der Waals surface area contributed by atoms with Crippen LogP contribution in [0.25, 0.3) is 0 Å². The molecule has 0 aliphatic heterocycles. The number of rotatable bonds is 2. The summed E-state index contributed by atoms with van der Waals surface area (Å²) in [6.45, 7) is 1.26. The fraction of sp³-hybridized carbons (Fsp3) is 0.333. The second kappa shape index (κ2) is 3.03. The molecule has 0 fully saturated rings. The SMILES string of the molecule is CC(=O)C1(O)C=CC=CC1C=O. The molecular formula is C9H10O3. The average Bonchev–Trinajstić information content (AvgIpc) is 2.05. The third-order valence-corrected chi connectivity index (χ3v) is 2.00. The minimum absolute atomic E-state index is 0.416. The number of aldehydes is 1. The normalized spacial score (nSPS) is 33.3. The van der Waals surface area contributed by atoms with Gasteiger partial charge in [0.15, 0.2) is 11.4 Å². The lowest BCUT2D eigenvalue weighted by Crippen LogP contribution is -2.43. The van der Waals surface area contributed by atoms with Crippen LogP contribution < -0.4 is 0 Å². The molecule has 0 aromatic heterocycles. The Hall–Kier alpha value is -1.22. The van der Waals surface area contributed by atoms with E-state index in [1.165, 1.54) is 19.1 Å². The molecule has 3 nitrogen and oxygen atoms in total. The van der Waals surface area contributed by atoms with E-state index >= 15 is 0 Å². The highest BCUT2D eigenvalue weighted by Gasteiger charge is 2.38. The lowest BCUT2D eigenvalue weighted by atomic mass is 9.82. The molecular weight excluding hydrogens is 156 g/mol. The molecule has 0 aromatic carbocycles. The van der Waals surface area contributed by atoms with Crippen LogP contribution in [0.2, 0.25) is 0 Å². The average molecular weight is 166 g/mol. The molecule has 0 spiro atoms. The smallest absolute Gasteiger partial charge is 0.166 e. The van der Waals surface area contributed by atoms with E-state index in [0.29, 0.717) is 6.29 Å². The zero-order chi connectivity index (χ0) is 9.19. The van der Waals surface area contributed by atoms with Gasteiger partial charge < -0.3 is 9.90 Å². The molecule has 1 rings (SSSR count). The molecule has 0 saturated carbocycles. The van der Waals surface area contributed by atoms with Crippen LogP contribution in [0.1, 0.15) is 6.92 Å². The van der Waals surface area contributed by atoms with E-state index in [1.54, 1.807) is 12.2 Å². The van der Waals surface area contributed by atoms with Gasteiger partial charge in [0.1, 0.15) is 6.29 Å². The summed E-state index contributed by atoms with van der Waals surface area (Å²) < 4.78 is 0. The van der Waals surface area contributed by atoms with Gasteiger partial charge in [-0.3, -0.25) is 4.79 Å². The topological polar surface area (TPSA) is 54.4 Å². The molecule has 0 amide bonds. The highest BCUT2D eigenvalue weighted by atomic mass is 16.3. The predicted molar refractivity (Wildman–Crippen MR) is 43.5 cm³/mol. The molecule has 1 aliphatic rings. The van der Waals surface area contributed by atoms with Gasteiger partial charge in [0.2, 0.25) is 0 Å². The molecule has 0 bridgehead atoms. The van der Waals surface area contributed by atoms with Crippen molar-refractivity contribution in [3.8, 4) is 0 Å². The lowest BCUT2D eigenvalue weighted by Gasteiger charge is -2.27. The molecule has 0 aromatic rings. The van der Waals surface area contributed by atoms with Gasteiger partial charge in [0.25, 0.3) is 0 Å². The van der Waals surface area contributed by atoms with Crippen LogP contribution in [0.3, 0.4) is 0 Å². The van der Waals surface area contributed by atoms with Crippen molar-refractivity contribution in [2.45, 2.75) is 12.5 Å². The third kappa shape index (κ3) is 1.23. The van der Waals surface area contributed by atoms with Gasteiger partial charge in [0, 0.05) is 0 Å². The quantitative estimate of drug-likeness (QED) is 0.598. The van der Waals surface area contributed by atoms with Crippen LogP contribution in [0.4, 0.5) is 0 Å². The Balaban J connectivity index is 3.02. The summed E-state index contributed by atoms with van der Waals surface area (Å²) in [5.74, 6) is -1.17. The highest BCUT2D eigenvalue weighted by Crippen LogP contribution is 2.23. The Morgan fingerprint density at radius 1 is 1.58 bits per heavy atom. The first-order valence-corrected chi connectivity index (χ1v) is 3.66. The molecule has 0 radical (unpaired) electrons. The van der Waals surface area contributed by atoms with E-state index in [9.17, 15) is 14.7 Å². The third-order valence-electron chi connectivity index (χ3n) is 2.00. The molecule has 2 atom stereocenters. The first-order chi connectivity index (χ1) is 5.61. The van der Waals surface area contributed by atoms with Crippen LogP contribution in [-0.4, -0.2) is 22.8 Å². The zero-order valence-corrected chi connectivity index (χ0v) is 6.73. The number of hydrogen-bond acceptors (Lipinski definition) is 3. The number of allylic oxidation sites excluding steroid dienone is 2. The van der Waals surface area contributed by atoms with Crippen molar-refractivity contribution in [3.63, 3.8) is 0 Å². The van der Waals surface area contributed by atoms with Crippen LogP contribution in [0.15, 0.2) is 24.3 Å². The minimum atomic E-state index is -1.63. The summed E-state index contributed by atoms with van der Waals surface area (Å²) in [5, 5.41) is 9.69. The minimum Gasteiger partial charge on any atom is -0.377 e. The number of Topliss-reactive ketones (excluding diaryl/α,β-unsaturated/α-hetero) is 1. The molecule has 1 N–H and O–H groups in total. The van der Waals surface area contributed by atoms with Crippen LogP contribution in [0, 0.1) is 5.92 Å². The van der Waals surface area contributed by atoms with Crippen molar-refractivity contribution < 1.29 is 14.7 Å². The van der Waals surface area contributed by atoms with Gasteiger partial charge >= 0.3 is 0 Å². The maximum atomic E-state index is 11.0. The second-order valence-electron chi connectivity index (χ2n) is 2.79. The maximum Gasteiger partial charge on any atom is 0.166 e. The maximum absolute atomic E-state index is 11.0. The van der Waals surface area contributed by atoms with E-state index in [2.05, 4.69) is 0 Å². The summed E-state index contributed by atoms with van der Waals surface area (Å²) in [7, 11) is 0. The van der Waals surface area contributed by atoms with Gasteiger partial charge in [-0.25, -0.2) is 0 Å². The number of carbonyl (C=O) groups is 2. The van der Waals surface area contributed by atoms with Crippen LogP contribution in [-0.2, 0) is 9.59 Å². The van der Waals surface area contributed by atoms with Crippen LogP contribution >= 0.6 is 0 Å². The first-order valence-electron chi connectivity index (χ1n) is 3.66. The Labute approximate surface area is 70.4 Å². The van der Waals surface area contributed by atoms with E-state index in [0.717, 1.165) is 0 Å². The number of ketones is 1. The molecule has 0 saturated heterocycles. The first kappa shape index (κ1) is 8.87. The van der Waals surface area contributed by atoms with Crippen molar-refractivity contribution in [2.75, 3.05) is 0 Å². The van der Waals surface area contributed by atoms with Gasteiger partial charge in [-0.2, -0.15) is 0 Å². The zero-order valence-electron chi connectivity index (χ0n) is 6.73. The van der Waals surface area contributed by atoms with E-state index in [1.807, 2.05) is 0 Å². The van der Waals surface area contributed by atoms with Crippen molar-refractivity contribution >= 4 is 12.1 Å². The van der Waals surface area contributed by atoms with Gasteiger partial charge in [-0.1, -0.05) is 18.2 Å². The lowest BCUT2D eigenvalue weighted by molar-refractivity contribution is -0.137. The van der Waals surface area contributed by atoms with Crippen molar-refractivity contribution in [1.29, 1.82) is 0 Å². The fourth-order valence-electron chi connectivity index (χ4n) is 1.15. The summed E-state index contributed by atoms with van der Waals surface area (Å²) in [6.07, 6.45) is 6.61. The molecule has 0 heterocycles. The molecule has 3 heteroatoms. The van der Waals surface area contributed by atoms with Gasteiger partial charge in [-0.05, 0) is 13.0 Å². The highest BCUT2D eigenvalue weighted by molar-refractivity contribution is 5.91. The Kier molecular flexibility index (Phi) is 2.24. The predicted octanol–water partition coefficient (Wildman–Crippen LogP) is 0.248. The largest absolute Gasteiger partial charge is 0.377 e. The Morgan fingerprint density at radius 3 is 2.67 bits per heavy atom. The molecule has 12 heavy (non-hydrogen) atoms. The van der Waals surface area contributed by atoms with Gasteiger partial charge in [-0.15, -0.1) is 0 Å². The molecule has 1 aliphatic carbocycles. The number of aliphatic hydroxyl groups is 1. The number of hydrogen-bond donors (Lipinski definition) is 1. The van der Waals surface area contributed by atoms with Crippen LogP contribution in [0.5, 0.6) is 0 Å².